The lowest BCUT2D eigenvalue weighted by atomic mass is 10.2. The Bertz CT molecular complexity index is 1350. The van der Waals surface area contributed by atoms with Crippen molar-refractivity contribution in [3.63, 3.8) is 0 Å². The quantitative estimate of drug-likeness (QED) is 0.318. The van der Waals surface area contributed by atoms with Crippen molar-refractivity contribution < 1.29 is 4.79 Å². The number of hydrogen-bond acceptors (Lipinski definition) is 5. The second-order valence-corrected chi connectivity index (χ2v) is 9.08. The van der Waals surface area contributed by atoms with E-state index in [-0.39, 0.29) is 11.0 Å². The zero-order chi connectivity index (χ0) is 24.2. The van der Waals surface area contributed by atoms with Gasteiger partial charge in [-0.05, 0) is 93.1 Å². The summed E-state index contributed by atoms with van der Waals surface area (Å²) in [7, 11) is 0. The van der Waals surface area contributed by atoms with Crippen LogP contribution in [0.4, 0.5) is 11.4 Å². The molecule has 0 radical (unpaired) electrons. The van der Waals surface area contributed by atoms with Gasteiger partial charge in [0.15, 0.2) is 5.11 Å². The van der Waals surface area contributed by atoms with E-state index in [0.29, 0.717) is 5.56 Å². The first kappa shape index (κ1) is 23.8. The van der Waals surface area contributed by atoms with Crippen molar-refractivity contribution in [2.24, 2.45) is 0 Å². The second-order valence-electron chi connectivity index (χ2n) is 7.75. The maximum atomic E-state index is 12.5. The molecule has 1 amide bonds. The monoisotopic (exact) mass is 536 g/mol. The van der Waals surface area contributed by atoms with Crippen LogP contribution < -0.4 is 15.5 Å². The molecule has 0 unspecified atom stereocenters. The molecule has 9 heteroatoms. The summed E-state index contributed by atoms with van der Waals surface area (Å²) < 4.78 is 0.825. The lowest BCUT2D eigenvalue weighted by Crippen LogP contribution is -2.34. The van der Waals surface area contributed by atoms with Crippen LogP contribution in [0.25, 0.3) is 16.7 Å². The third-order valence-electron chi connectivity index (χ3n) is 5.50. The molecule has 0 aliphatic rings. The fourth-order valence-electron chi connectivity index (χ4n) is 3.66. The van der Waals surface area contributed by atoms with E-state index in [9.17, 15) is 4.79 Å². The standard InChI is InChI=1S/C25H25BrN6OS/c1-4-31(5-2)19-9-11-20(12-10-19)32-29-22-13-16(3)21(15-23(22)30-32)27-25(34)28-24(33)17-7-6-8-18(26)14-17/h6-15H,4-5H2,1-3H3,(H2,27,28,33,34). The highest BCUT2D eigenvalue weighted by atomic mass is 79.9. The van der Waals surface area contributed by atoms with Gasteiger partial charge >= 0.3 is 0 Å². The number of halogens is 1. The van der Waals surface area contributed by atoms with Gasteiger partial charge in [-0.2, -0.15) is 4.80 Å². The second kappa shape index (κ2) is 10.3. The molecular formula is C25H25BrN6OS. The van der Waals surface area contributed by atoms with E-state index < -0.39 is 0 Å². The molecule has 0 fully saturated rings. The molecule has 34 heavy (non-hydrogen) atoms. The minimum absolute atomic E-state index is 0.215. The molecule has 0 aliphatic heterocycles. The molecule has 2 N–H and O–H groups in total. The molecule has 0 saturated carbocycles. The van der Waals surface area contributed by atoms with Crippen molar-refractivity contribution in [2.45, 2.75) is 20.8 Å². The molecule has 0 aliphatic carbocycles. The number of fused-ring (bicyclic) bond motifs is 1. The zero-order valence-electron chi connectivity index (χ0n) is 19.2. The van der Waals surface area contributed by atoms with E-state index in [1.165, 1.54) is 5.69 Å². The number of amides is 1. The molecule has 0 spiro atoms. The van der Waals surface area contributed by atoms with Gasteiger partial charge in [0.1, 0.15) is 11.0 Å². The Kier molecular flexibility index (Phi) is 7.23. The molecule has 0 bridgehead atoms. The topological polar surface area (TPSA) is 75.1 Å². The first-order valence-corrected chi connectivity index (χ1v) is 12.2. The van der Waals surface area contributed by atoms with Crippen LogP contribution in [0, 0.1) is 6.92 Å². The summed E-state index contributed by atoms with van der Waals surface area (Å²) in [5.74, 6) is -0.281. The third kappa shape index (κ3) is 5.26. The maximum absolute atomic E-state index is 12.5. The molecule has 4 rings (SSSR count). The Morgan fingerprint density at radius 1 is 1.03 bits per heavy atom. The van der Waals surface area contributed by atoms with Crippen LogP contribution in [0.15, 0.2) is 65.1 Å². The number of aromatic nitrogens is 3. The first-order valence-electron chi connectivity index (χ1n) is 11.0. The Morgan fingerprint density at radius 3 is 2.35 bits per heavy atom. The Hall–Kier alpha value is -3.30. The number of anilines is 2. The van der Waals surface area contributed by atoms with Gasteiger partial charge < -0.3 is 10.2 Å². The van der Waals surface area contributed by atoms with Crippen molar-refractivity contribution in [3.05, 3.63) is 76.3 Å². The van der Waals surface area contributed by atoms with Crippen LogP contribution in [0.1, 0.15) is 29.8 Å². The number of aryl methyl sites for hydroxylation is 1. The summed E-state index contributed by atoms with van der Waals surface area (Å²) >= 11 is 8.73. The van der Waals surface area contributed by atoms with E-state index >= 15 is 0 Å². The van der Waals surface area contributed by atoms with Crippen LogP contribution in [-0.4, -0.2) is 39.1 Å². The Labute approximate surface area is 212 Å². The minimum Gasteiger partial charge on any atom is -0.372 e. The van der Waals surface area contributed by atoms with Crippen molar-refractivity contribution in [2.75, 3.05) is 23.3 Å². The summed E-state index contributed by atoms with van der Waals surface area (Å²) in [6, 6.07) is 19.2. The van der Waals surface area contributed by atoms with Gasteiger partial charge in [0.25, 0.3) is 5.91 Å². The first-order chi connectivity index (χ1) is 16.4. The minimum atomic E-state index is -0.281. The lowest BCUT2D eigenvalue weighted by Gasteiger charge is -2.20. The molecule has 4 aromatic rings. The Morgan fingerprint density at radius 2 is 1.71 bits per heavy atom. The number of benzene rings is 3. The molecule has 0 atom stereocenters. The fraction of sp³-hybridized carbons (Fsp3) is 0.200. The highest BCUT2D eigenvalue weighted by Gasteiger charge is 2.12. The summed E-state index contributed by atoms with van der Waals surface area (Å²) in [5.41, 5.74) is 5.77. The smallest absolute Gasteiger partial charge is 0.257 e. The molecule has 1 aromatic heterocycles. The van der Waals surface area contributed by atoms with E-state index in [1.54, 1.807) is 23.0 Å². The van der Waals surface area contributed by atoms with Gasteiger partial charge in [-0.1, -0.05) is 22.0 Å². The number of carbonyl (C=O) groups is 1. The number of carbonyl (C=O) groups excluding carboxylic acids is 1. The summed E-state index contributed by atoms with van der Waals surface area (Å²) in [4.78, 5) is 16.4. The van der Waals surface area contributed by atoms with E-state index in [0.717, 1.165) is 45.5 Å². The lowest BCUT2D eigenvalue weighted by molar-refractivity contribution is 0.0977. The number of nitrogens with zero attached hydrogens (tertiary/aromatic N) is 4. The van der Waals surface area contributed by atoms with E-state index in [4.69, 9.17) is 12.2 Å². The number of hydrogen-bond donors (Lipinski definition) is 2. The van der Waals surface area contributed by atoms with E-state index in [2.05, 4.69) is 67.6 Å². The van der Waals surface area contributed by atoms with Crippen LogP contribution in [-0.2, 0) is 0 Å². The maximum Gasteiger partial charge on any atom is 0.257 e. The highest BCUT2D eigenvalue weighted by Crippen LogP contribution is 2.23. The largest absolute Gasteiger partial charge is 0.372 e. The van der Waals surface area contributed by atoms with Gasteiger partial charge in [-0.3, -0.25) is 10.1 Å². The summed E-state index contributed by atoms with van der Waals surface area (Å²) in [6.45, 7) is 8.16. The highest BCUT2D eigenvalue weighted by molar-refractivity contribution is 9.10. The third-order valence-corrected chi connectivity index (χ3v) is 6.20. The molecule has 174 valence electrons. The fourth-order valence-corrected chi connectivity index (χ4v) is 4.26. The average molecular weight is 537 g/mol. The van der Waals surface area contributed by atoms with Gasteiger partial charge in [0, 0.05) is 34.5 Å². The van der Waals surface area contributed by atoms with Gasteiger partial charge in [-0.15, -0.1) is 10.2 Å². The van der Waals surface area contributed by atoms with Crippen molar-refractivity contribution in [1.82, 2.24) is 20.3 Å². The van der Waals surface area contributed by atoms with Gasteiger partial charge in [0.05, 0.1) is 5.69 Å². The predicted molar refractivity (Wildman–Crippen MR) is 145 cm³/mol. The van der Waals surface area contributed by atoms with Gasteiger partial charge in [0.2, 0.25) is 0 Å². The van der Waals surface area contributed by atoms with Crippen LogP contribution in [0.3, 0.4) is 0 Å². The number of nitrogens with one attached hydrogen (secondary N) is 2. The summed E-state index contributed by atoms with van der Waals surface area (Å²) in [5, 5.41) is 15.3. The summed E-state index contributed by atoms with van der Waals surface area (Å²) in [6.07, 6.45) is 0. The number of thiocarbonyl (C=S) groups is 1. The van der Waals surface area contributed by atoms with Crippen molar-refractivity contribution in [3.8, 4) is 5.69 Å². The average Bonchev–Trinajstić information content (AvgIpc) is 3.23. The van der Waals surface area contributed by atoms with Gasteiger partial charge in [-0.25, -0.2) is 0 Å². The van der Waals surface area contributed by atoms with Crippen LogP contribution in [0.5, 0.6) is 0 Å². The van der Waals surface area contributed by atoms with Crippen LogP contribution >= 0.6 is 28.1 Å². The van der Waals surface area contributed by atoms with Crippen molar-refractivity contribution >= 4 is 61.6 Å². The molecule has 1 heterocycles. The molecule has 0 saturated heterocycles. The normalized spacial score (nSPS) is 10.8. The van der Waals surface area contributed by atoms with Crippen LogP contribution in [0.2, 0.25) is 0 Å². The zero-order valence-corrected chi connectivity index (χ0v) is 21.6. The molecular weight excluding hydrogens is 512 g/mol. The number of rotatable bonds is 6. The van der Waals surface area contributed by atoms with E-state index in [1.807, 2.05) is 37.3 Å². The molecule has 3 aromatic carbocycles. The predicted octanol–water partition coefficient (Wildman–Crippen LogP) is 5.46. The van der Waals surface area contributed by atoms with Crippen molar-refractivity contribution in [1.29, 1.82) is 0 Å². The molecule has 7 nitrogen and oxygen atoms in total. The Balaban J connectivity index is 1.51. The SMILES string of the molecule is CCN(CC)c1ccc(-n2nc3cc(C)c(NC(=S)NC(=O)c4cccc(Br)c4)cc3n2)cc1.